The van der Waals surface area contributed by atoms with Crippen molar-refractivity contribution in [3.05, 3.63) is 41.5 Å². The summed E-state index contributed by atoms with van der Waals surface area (Å²) in [6.45, 7) is -0.150. The van der Waals surface area contributed by atoms with E-state index < -0.39 is 12.1 Å². The molecule has 2 aromatic carbocycles. The molecule has 0 unspecified atom stereocenters. The number of rotatable bonds is 10. The van der Waals surface area contributed by atoms with Gasteiger partial charge < -0.3 is 23.7 Å². The highest BCUT2D eigenvalue weighted by molar-refractivity contribution is 5.94. The molecule has 0 spiro atoms. The molecule has 1 fully saturated rings. The number of esters is 2. The number of alkyl halides is 1. The quantitative estimate of drug-likeness (QED) is 0.403. The molecule has 0 atom stereocenters. The molecule has 0 bridgehead atoms. The van der Waals surface area contributed by atoms with Crippen molar-refractivity contribution in [2.75, 3.05) is 34.1 Å². The number of carbonyl (C=O) groups excluding carboxylic acids is 2. The van der Waals surface area contributed by atoms with E-state index in [9.17, 15) is 14.0 Å². The van der Waals surface area contributed by atoms with E-state index in [0.29, 0.717) is 35.7 Å². The minimum atomic E-state index is -0.736. The Bertz CT molecular complexity index is 1030. The van der Waals surface area contributed by atoms with Crippen LogP contribution < -0.4 is 14.2 Å². The van der Waals surface area contributed by atoms with Crippen molar-refractivity contribution < 1.29 is 37.7 Å². The third-order valence-corrected chi connectivity index (χ3v) is 5.79. The predicted molar refractivity (Wildman–Crippen MR) is 113 cm³/mol. The smallest absolute Gasteiger partial charge is 0.338 e. The summed E-state index contributed by atoms with van der Waals surface area (Å²) in [5.41, 5.74) is 2.15. The molecule has 32 heavy (non-hydrogen) atoms. The second kappa shape index (κ2) is 9.06. The zero-order valence-corrected chi connectivity index (χ0v) is 18.1. The Hall–Kier alpha value is -3.29. The molecule has 1 aliphatic heterocycles. The van der Waals surface area contributed by atoms with E-state index in [1.165, 1.54) is 14.2 Å². The van der Waals surface area contributed by atoms with Gasteiger partial charge in [-0.05, 0) is 42.7 Å². The number of ether oxygens (including phenoxy) is 5. The van der Waals surface area contributed by atoms with Gasteiger partial charge in [0.25, 0.3) is 0 Å². The fraction of sp³-hybridized carbons (Fsp3) is 0.417. The van der Waals surface area contributed by atoms with Crippen LogP contribution in [-0.4, -0.2) is 46.0 Å². The second-order valence-electron chi connectivity index (χ2n) is 7.87. The number of methoxy groups -OCH3 is 2. The molecule has 1 aliphatic carbocycles. The van der Waals surface area contributed by atoms with Gasteiger partial charge in [0.2, 0.25) is 5.75 Å². The molecule has 0 amide bonds. The van der Waals surface area contributed by atoms with Gasteiger partial charge in [-0.15, -0.1) is 0 Å². The molecule has 0 N–H and O–H groups in total. The number of hydrogen-bond donors (Lipinski definition) is 0. The van der Waals surface area contributed by atoms with Crippen LogP contribution in [0.3, 0.4) is 0 Å². The van der Waals surface area contributed by atoms with E-state index in [4.69, 9.17) is 23.7 Å². The highest BCUT2D eigenvalue weighted by Crippen LogP contribution is 2.50. The van der Waals surface area contributed by atoms with Gasteiger partial charge >= 0.3 is 11.9 Å². The van der Waals surface area contributed by atoms with Crippen LogP contribution in [0.15, 0.2) is 30.3 Å². The molecule has 2 aromatic rings. The van der Waals surface area contributed by atoms with E-state index in [-0.39, 0.29) is 38.2 Å². The maximum atomic E-state index is 12.5. The maximum absolute atomic E-state index is 12.5. The van der Waals surface area contributed by atoms with E-state index in [0.717, 1.165) is 16.7 Å². The van der Waals surface area contributed by atoms with Gasteiger partial charge in [-0.3, -0.25) is 9.18 Å². The first-order valence-electron chi connectivity index (χ1n) is 10.4. The molecule has 7 nitrogen and oxygen atoms in total. The van der Waals surface area contributed by atoms with Crippen LogP contribution >= 0.6 is 0 Å². The highest BCUT2D eigenvalue weighted by Gasteiger charge is 2.52. The van der Waals surface area contributed by atoms with E-state index in [2.05, 4.69) is 0 Å². The molecule has 2 aliphatic rings. The lowest BCUT2D eigenvalue weighted by Gasteiger charge is -2.21. The maximum Gasteiger partial charge on any atom is 0.338 e. The average Bonchev–Trinajstić information content (AvgIpc) is 3.53. The summed E-state index contributed by atoms with van der Waals surface area (Å²) in [4.78, 5) is 24.3. The van der Waals surface area contributed by atoms with Crippen LogP contribution in [0.25, 0.3) is 11.1 Å². The topological polar surface area (TPSA) is 80.3 Å². The zero-order valence-electron chi connectivity index (χ0n) is 18.1. The fourth-order valence-electron chi connectivity index (χ4n) is 3.71. The van der Waals surface area contributed by atoms with Crippen LogP contribution in [0.2, 0.25) is 0 Å². The lowest BCUT2D eigenvalue weighted by atomic mass is 9.99. The Balaban J connectivity index is 1.63. The molecule has 4 rings (SSSR count). The highest BCUT2D eigenvalue weighted by atomic mass is 19.1. The largest absolute Gasteiger partial charge is 0.493 e. The lowest BCUT2D eigenvalue weighted by molar-refractivity contribution is -0.151. The minimum absolute atomic E-state index is 0.0563. The van der Waals surface area contributed by atoms with Crippen LogP contribution in [0.5, 0.6) is 17.2 Å². The second-order valence-corrected chi connectivity index (χ2v) is 7.87. The van der Waals surface area contributed by atoms with Crippen molar-refractivity contribution in [1.82, 2.24) is 0 Å². The van der Waals surface area contributed by atoms with Crippen LogP contribution in [0.4, 0.5) is 4.39 Å². The molecular weight excluding hydrogens is 419 g/mol. The Morgan fingerprint density at radius 2 is 1.88 bits per heavy atom. The Morgan fingerprint density at radius 1 is 1.09 bits per heavy atom. The number of carbonyl (C=O) groups is 2. The molecule has 1 heterocycles. The third kappa shape index (κ3) is 4.09. The van der Waals surface area contributed by atoms with Crippen LogP contribution in [0, 0.1) is 5.41 Å². The number of cyclic esters (lactones) is 1. The number of halogens is 1. The van der Waals surface area contributed by atoms with Crippen molar-refractivity contribution in [3.63, 3.8) is 0 Å². The average molecular weight is 444 g/mol. The first-order valence-corrected chi connectivity index (χ1v) is 10.4. The summed E-state index contributed by atoms with van der Waals surface area (Å²) in [7, 11) is 3.05. The summed E-state index contributed by atoms with van der Waals surface area (Å²) in [6.07, 6.45) is 1.46. The summed E-state index contributed by atoms with van der Waals surface area (Å²) in [5.74, 6) is 0.612. The van der Waals surface area contributed by atoms with Gasteiger partial charge in [0.1, 0.15) is 18.6 Å². The van der Waals surface area contributed by atoms with Gasteiger partial charge in [-0.2, -0.15) is 0 Å². The summed E-state index contributed by atoms with van der Waals surface area (Å²) >= 11 is 0. The standard InChI is InChI=1S/C24H25FO7/c1-28-19-7-6-17(15-4-5-18-16(12-15)13-31-22(18)26)20(21(19)29-2)32-14-24(8-9-24)23(27)30-11-3-10-25/h4-7,12H,3,8-11,13-14H2,1-2H3. The minimum Gasteiger partial charge on any atom is -0.493 e. The Kier molecular flexibility index (Phi) is 6.21. The molecule has 0 saturated heterocycles. The SMILES string of the molecule is COc1ccc(-c2ccc3c(c2)COC3=O)c(OCC2(C(=O)OCCCF)CC2)c1OC. The van der Waals surface area contributed by atoms with Gasteiger partial charge in [-0.1, -0.05) is 6.07 Å². The van der Waals surface area contributed by atoms with Gasteiger partial charge in [-0.25, -0.2) is 4.79 Å². The van der Waals surface area contributed by atoms with Crippen molar-refractivity contribution in [1.29, 1.82) is 0 Å². The predicted octanol–water partition coefficient (Wildman–Crippen LogP) is 4.10. The van der Waals surface area contributed by atoms with Crippen molar-refractivity contribution in [2.45, 2.75) is 25.9 Å². The number of benzene rings is 2. The Morgan fingerprint density at radius 3 is 2.56 bits per heavy atom. The van der Waals surface area contributed by atoms with Gasteiger partial charge in [0, 0.05) is 17.5 Å². The zero-order chi connectivity index (χ0) is 22.7. The summed E-state index contributed by atoms with van der Waals surface area (Å²) in [5, 5.41) is 0. The first-order chi connectivity index (χ1) is 15.5. The van der Waals surface area contributed by atoms with Crippen LogP contribution in [0.1, 0.15) is 35.2 Å². The van der Waals surface area contributed by atoms with E-state index in [1.807, 2.05) is 18.2 Å². The molecule has 0 radical (unpaired) electrons. The normalized spacial score (nSPS) is 15.5. The summed E-state index contributed by atoms with van der Waals surface area (Å²) < 4.78 is 39.8. The van der Waals surface area contributed by atoms with Crippen molar-refractivity contribution in [3.8, 4) is 28.4 Å². The number of fused-ring (bicyclic) bond motifs is 1. The summed E-state index contributed by atoms with van der Waals surface area (Å²) in [6, 6.07) is 9.04. The van der Waals surface area contributed by atoms with Crippen LogP contribution in [-0.2, 0) is 20.9 Å². The molecular formula is C24H25FO7. The molecule has 1 saturated carbocycles. The van der Waals surface area contributed by atoms with E-state index in [1.54, 1.807) is 12.1 Å². The lowest BCUT2D eigenvalue weighted by Crippen LogP contribution is -2.26. The van der Waals surface area contributed by atoms with E-state index >= 15 is 0 Å². The molecule has 8 heteroatoms. The monoisotopic (exact) mass is 444 g/mol. The third-order valence-electron chi connectivity index (χ3n) is 5.79. The molecule has 0 aromatic heterocycles. The molecule has 170 valence electrons. The number of hydrogen-bond acceptors (Lipinski definition) is 7. The van der Waals surface area contributed by atoms with Gasteiger partial charge in [0.15, 0.2) is 11.5 Å². The Labute approximate surface area is 185 Å². The van der Waals surface area contributed by atoms with Crippen molar-refractivity contribution in [2.24, 2.45) is 5.41 Å². The van der Waals surface area contributed by atoms with Crippen molar-refractivity contribution >= 4 is 11.9 Å². The van der Waals surface area contributed by atoms with Gasteiger partial charge in [0.05, 0.1) is 33.1 Å². The fourth-order valence-corrected chi connectivity index (χ4v) is 3.71. The first kappa shape index (κ1) is 21.9.